The van der Waals surface area contributed by atoms with Crippen molar-refractivity contribution in [3.63, 3.8) is 0 Å². The average Bonchev–Trinajstić information content (AvgIpc) is 3.09. The van der Waals surface area contributed by atoms with E-state index in [9.17, 15) is 19.5 Å². The number of amides is 2. The lowest BCUT2D eigenvalue weighted by molar-refractivity contribution is -0.139. The molecule has 8 nitrogen and oxygen atoms in total. The van der Waals surface area contributed by atoms with Crippen molar-refractivity contribution < 1.29 is 29.0 Å². The lowest BCUT2D eigenvalue weighted by Crippen LogP contribution is -2.43. The largest absolute Gasteiger partial charge is 0.480 e. The Kier molecular flexibility index (Phi) is 7.26. The molecule has 0 radical (unpaired) electrons. The zero-order valence-electron chi connectivity index (χ0n) is 16.9. The Morgan fingerprint density at radius 3 is 2.19 bits per heavy atom. The van der Waals surface area contributed by atoms with Gasteiger partial charge in [0.25, 0.3) is 0 Å². The number of aliphatic carboxylic acids is 1. The molecule has 0 saturated carbocycles. The van der Waals surface area contributed by atoms with E-state index in [1.165, 1.54) is 6.08 Å². The van der Waals surface area contributed by atoms with Crippen LogP contribution in [0, 0.1) is 0 Å². The van der Waals surface area contributed by atoms with Crippen LogP contribution < -0.4 is 10.6 Å². The smallest absolute Gasteiger partial charge is 0.407 e. The zero-order chi connectivity index (χ0) is 22.2. The van der Waals surface area contributed by atoms with E-state index in [1.807, 2.05) is 48.5 Å². The molecule has 31 heavy (non-hydrogen) atoms. The monoisotopic (exact) mass is 424 g/mol. The molecule has 1 atom stereocenters. The number of carboxylic acid groups (broad SMARTS) is 1. The number of hydrogen-bond donors (Lipinski definition) is 3. The minimum atomic E-state index is -1.23. The van der Waals surface area contributed by atoms with Gasteiger partial charge in [0, 0.05) is 12.5 Å². The molecule has 0 spiro atoms. The molecule has 1 aliphatic rings. The minimum Gasteiger partial charge on any atom is -0.480 e. The molecule has 2 aromatic carbocycles. The molecule has 2 aromatic rings. The number of nitrogens with one attached hydrogen (secondary N) is 2. The summed E-state index contributed by atoms with van der Waals surface area (Å²) in [4.78, 5) is 35.1. The number of hydrogen-bond acceptors (Lipinski definition) is 5. The molecule has 8 heteroatoms. The van der Waals surface area contributed by atoms with E-state index in [2.05, 4.69) is 17.2 Å². The summed E-state index contributed by atoms with van der Waals surface area (Å²) >= 11 is 0. The Labute approximate surface area is 179 Å². The highest BCUT2D eigenvalue weighted by Crippen LogP contribution is 2.44. The second-order valence-electron chi connectivity index (χ2n) is 6.96. The quantitative estimate of drug-likeness (QED) is 0.533. The van der Waals surface area contributed by atoms with E-state index in [1.54, 1.807) is 0 Å². The number of benzene rings is 2. The average molecular weight is 424 g/mol. The lowest BCUT2D eigenvalue weighted by atomic mass is 9.98. The normalized spacial score (nSPS) is 12.8. The molecule has 162 valence electrons. The van der Waals surface area contributed by atoms with Crippen LogP contribution in [0.5, 0.6) is 0 Å². The third-order valence-corrected chi connectivity index (χ3v) is 4.97. The zero-order valence-corrected chi connectivity index (χ0v) is 16.9. The number of carbonyl (C=O) groups is 3. The van der Waals surface area contributed by atoms with E-state index in [0.717, 1.165) is 22.3 Å². The van der Waals surface area contributed by atoms with Gasteiger partial charge in [0.15, 0.2) is 0 Å². The maximum Gasteiger partial charge on any atom is 0.407 e. The van der Waals surface area contributed by atoms with Gasteiger partial charge in [-0.05, 0) is 28.7 Å². The SMILES string of the molecule is C=CCOC(=O)NCCC(NC(=O)OCC1c2ccccc2-c2ccccc21)C(=O)O. The van der Waals surface area contributed by atoms with Crippen LogP contribution in [0.4, 0.5) is 9.59 Å². The molecule has 0 heterocycles. The van der Waals surface area contributed by atoms with E-state index in [0.29, 0.717) is 0 Å². The van der Waals surface area contributed by atoms with Gasteiger partial charge in [0.2, 0.25) is 0 Å². The van der Waals surface area contributed by atoms with Gasteiger partial charge in [-0.25, -0.2) is 14.4 Å². The maximum atomic E-state index is 12.3. The highest BCUT2D eigenvalue weighted by molar-refractivity contribution is 5.81. The summed E-state index contributed by atoms with van der Waals surface area (Å²) in [5.41, 5.74) is 4.33. The van der Waals surface area contributed by atoms with Gasteiger partial charge in [0.1, 0.15) is 19.3 Å². The first-order chi connectivity index (χ1) is 15.0. The molecule has 3 N–H and O–H groups in total. The fourth-order valence-electron chi connectivity index (χ4n) is 3.54. The van der Waals surface area contributed by atoms with Crippen molar-refractivity contribution in [3.8, 4) is 11.1 Å². The molecule has 0 aliphatic heterocycles. The van der Waals surface area contributed by atoms with Crippen molar-refractivity contribution in [1.82, 2.24) is 10.6 Å². The van der Waals surface area contributed by atoms with Gasteiger partial charge in [-0.1, -0.05) is 61.2 Å². The van der Waals surface area contributed by atoms with Crippen LogP contribution in [0.25, 0.3) is 11.1 Å². The highest BCUT2D eigenvalue weighted by Gasteiger charge is 2.29. The third-order valence-electron chi connectivity index (χ3n) is 4.97. The molecule has 0 fully saturated rings. The summed E-state index contributed by atoms with van der Waals surface area (Å²) in [5.74, 6) is -1.35. The molecular weight excluding hydrogens is 400 g/mol. The fourth-order valence-corrected chi connectivity index (χ4v) is 3.54. The van der Waals surface area contributed by atoms with E-state index >= 15 is 0 Å². The standard InChI is InChI=1S/C23H24N2O6/c1-2-13-30-22(28)24-12-11-20(21(26)27)25-23(29)31-14-19-17-9-5-3-7-15(17)16-8-4-6-10-18(16)19/h2-10,19-20H,1,11-14H2,(H,24,28)(H,25,29)(H,26,27). The first kappa shape index (κ1) is 21.9. The predicted octanol–water partition coefficient (Wildman–Crippen LogP) is 3.28. The summed E-state index contributed by atoms with van der Waals surface area (Å²) in [7, 11) is 0. The Hall–Kier alpha value is -3.81. The van der Waals surface area contributed by atoms with Crippen molar-refractivity contribution in [2.45, 2.75) is 18.4 Å². The molecule has 3 rings (SSSR count). The lowest BCUT2D eigenvalue weighted by Gasteiger charge is -2.17. The van der Waals surface area contributed by atoms with Gasteiger partial charge >= 0.3 is 18.2 Å². The highest BCUT2D eigenvalue weighted by atomic mass is 16.6. The topological polar surface area (TPSA) is 114 Å². The molecule has 1 aliphatic carbocycles. The van der Waals surface area contributed by atoms with Crippen molar-refractivity contribution in [3.05, 3.63) is 72.3 Å². The fraction of sp³-hybridized carbons (Fsp3) is 0.261. The number of rotatable bonds is 9. The summed E-state index contributed by atoms with van der Waals surface area (Å²) in [5, 5.41) is 14.1. The van der Waals surface area contributed by atoms with E-state index in [-0.39, 0.29) is 32.1 Å². The van der Waals surface area contributed by atoms with Crippen LogP contribution in [0.3, 0.4) is 0 Å². The Balaban J connectivity index is 1.54. The molecule has 2 amide bonds. The Morgan fingerprint density at radius 1 is 1.00 bits per heavy atom. The van der Waals surface area contributed by atoms with Crippen molar-refractivity contribution >= 4 is 18.2 Å². The molecule has 1 unspecified atom stereocenters. The summed E-state index contributed by atoms with van der Waals surface area (Å²) < 4.78 is 10.1. The summed E-state index contributed by atoms with van der Waals surface area (Å²) in [6.07, 6.45) is -0.130. The van der Waals surface area contributed by atoms with Gasteiger partial charge in [0.05, 0.1) is 0 Å². The maximum absolute atomic E-state index is 12.3. The predicted molar refractivity (Wildman–Crippen MR) is 114 cm³/mol. The van der Waals surface area contributed by atoms with Crippen LogP contribution in [-0.4, -0.2) is 49.1 Å². The number of carboxylic acids is 1. The van der Waals surface area contributed by atoms with Gasteiger partial charge < -0.3 is 25.2 Å². The Bertz CT molecular complexity index is 929. The number of alkyl carbamates (subject to hydrolysis) is 2. The van der Waals surface area contributed by atoms with Crippen molar-refractivity contribution in [1.29, 1.82) is 0 Å². The summed E-state index contributed by atoms with van der Waals surface area (Å²) in [6, 6.07) is 14.6. The van der Waals surface area contributed by atoms with Crippen LogP contribution in [-0.2, 0) is 14.3 Å². The van der Waals surface area contributed by atoms with Crippen molar-refractivity contribution in [2.75, 3.05) is 19.8 Å². The van der Waals surface area contributed by atoms with E-state index < -0.39 is 24.2 Å². The second kappa shape index (κ2) is 10.3. The van der Waals surface area contributed by atoms with E-state index in [4.69, 9.17) is 9.47 Å². The van der Waals surface area contributed by atoms with Gasteiger partial charge in [-0.2, -0.15) is 0 Å². The van der Waals surface area contributed by atoms with Crippen molar-refractivity contribution in [2.24, 2.45) is 0 Å². The number of carbonyl (C=O) groups excluding carboxylic acids is 2. The minimum absolute atomic E-state index is 0.0105. The Morgan fingerprint density at radius 2 is 1.61 bits per heavy atom. The molecular formula is C23H24N2O6. The van der Waals surface area contributed by atoms with Gasteiger partial charge in [-0.15, -0.1) is 0 Å². The van der Waals surface area contributed by atoms with Crippen LogP contribution >= 0.6 is 0 Å². The number of ether oxygens (including phenoxy) is 2. The summed E-state index contributed by atoms with van der Waals surface area (Å²) in [6.45, 7) is 3.56. The molecule has 0 saturated heterocycles. The first-order valence-electron chi connectivity index (χ1n) is 9.87. The van der Waals surface area contributed by atoms with Crippen LogP contribution in [0.1, 0.15) is 23.5 Å². The second-order valence-corrected chi connectivity index (χ2v) is 6.96. The van der Waals surface area contributed by atoms with Crippen LogP contribution in [0.2, 0.25) is 0 Å². The molecule has 0 bridgehead atoms. The molecule has 0 aromatic heterocycles. The third kappa shape index (κ3) is 5.42. The first-order valence-corrected chi connectivity index (χ1v) is 9.87. The van der Waals surface area contributed by atoms with Gasteiger partial charge in [-0.3, -0.25) is 0 Å². The van der Waals surface area contributed by atoms with Crippen LogP contribution in [0.15, 0.2) is 61.2 Å². The number of fused-ring (bicyclic) bond motifs is 3.